The molecule has 3 rings (SSSR count). The van der Waals surface area contributed by atoms with Crippen LogP contribution in [0.1, 0.15) is 19.8 Å². The molecule has 0 unspecified atom stereocenters. The lowest BCUT2D eigenvalue weighted by Crippen LogP contribution is -2.53. The molecule has 1 aromatic carbocycles. The number of aromatic nitrogens is 2. The fourth-order valence-corrected chi connectivity index (χ4v) is 4.28. The number of aryl methyl sites for hydroxylation is 2. The molecule has 7 nitrogen and oxygen atoms in total. The van der Waals surface area contributed by atoms with Gasteiger partial charge >= 0.3 is 5.69 Å². The van der Waals surface area contributed by atoms with Gasteiger partial charge in [-0.2, -0.15) is 0 Å². The number of benzene rings is 1. The van der Waals surface area contributed by atoms with Crippen LogP contribution < -0.4 is 10.4 Å². The fourth-order valence-electron chi connectivity index (χ4n) is 3.03. The average molecular weight is 325 g/mol. The van der Waals surface area contributed by atoms with Gasteiger partial charge in [-0.3, -0.25) is 9.13 Å². The summed E-state index contributed by atoms with van der Waals surface area (Å²) in [6, 6.07) is 4.36. The molecule has 1 heterocycles. The van der Waals surface area contributed by atoms with Crippen LogP contribution in [-0.4, -0.2) is 34.3 Å². The lowest BCUT2D eigenvalue weighted by molar-refractivity contribution is -0.0329. The van der Waals surface area contributed by atoms with Crippen molar-refractivity contribution in [2.75, 3.05) is 0 Å². The molecule has 0 radical (unpaired) electrons. The van der Waals surface area contributed by atoms with Gasteiger partial charge in [-0.05, 0) is 38.0 Å². The molecule has 120 valence electrons. The Morgan fingerprint density at radius 3 is 2.41 bits per heavy atom. The first-order chi connectivity index (χ1) is 10.1. The first-order valence-electron chi connectivity index (χ1n) is 7.01. The van der Waals surface area contributed by atoms with E-state index in [0.29, 0.717) is 23.9 Å². The zero-order chi connectivity index (χ0) is 16.3. The normalized spacial score (nSPS) is 25.4. The highest BCUT2D eigenvalue weighted by molar-refractivity contribution is 7.89. The molecule has 2 N–H and O–H groups in total. The molecule has 1 aliphatic rings. The highest BCUT2D eigenvalue weighted by Crippen LogP contribution is 2.32. The van der Waals surface area contributed by atoms with E-state index in [9.17, 15) is 18.3 Å². The molecule has 0 spiro atoms. The molecule has 1 aromatic heterocycles. The zero-order valence-corrected chi connectivity index (χ0v) is 13.5. The predicted molar refractivity (Wildman–Crippen MR) is 82.1 cm³/mol. The minimum absolute atomic E-state index is 0.118. The molecule has 0 amide bonds. The minimum Gasteiger partial charge on any atom is -0.390 e. The van der Waals surface area contributed by atoms with E-state index in [1.165, 1.54) is 21.3 Å². The molecule has 0 atom stereocenters. The van der Waals surface area contributed by atoms with E-state index in [2.05, 4.69) is 4.72 Å². The number of rotatable bonds is 3. The van der Waals surface area contributed by atoms with Crippen LogP contribution in [0.3, 0.4) is 0 Å². The standard InChI is InChI=1S/C14H19N3O4S/c1-14(19)7-9(8-14)15-22(20,21)10-4-5-11-12(6-10)17(3)13(18)16(11)2/h4-6,9,15,19H,7-8H2,1-3H3. The van der Waals surface area contributed by atoms with Gasteiger partial charge in [0, 0.05) is 20.1 Å². The van der Waals surface area contributed by atoms with Gasteiger partial charge in [-0.1, -0.05) is 0 Å². The van der Waals surface area contributed by atoms with Crippen LogP contribution in [-0.2, 0) is 24.1 Å². The summed E-state index contributed by atoms with van der Waals surface area (Å²) in [5, 5.41) is 9.69. The topological polar surface area (TPSA) is 93.3 Å². The van der Waals surface area contributed by atoms with Crippen LogP contribution in [0.4, 0.5) is 0 Å². The fraction of sp³-hybridized carbons (Fsp3) is 0.500. The van der Waals surface area contributed by atoms with Gasteiger partial charge in [-0.15, -0.1) is 0 Å². The summed E-state index contributed by atoms with van der Waals surface area (Å²) in [5.74, 6) is 0. The molecule has 22 heavy (non-hydrogen) atoms. The van der Waals surface area contributed by atoms with Gasteiger partial charge in [-0.25, -0.2) is 17.9 Å². The van der Waals surface area contributed by atoms with E-state index in [-0.39, 0.29) is 16.6 Å². The first-order valence-corrected chi connectivity index (χ1v) is 8.49. The minimum atomic E-state index is -3.67. The third-order valence-corrected chi connectivity index (χ3v) is 5.77. The molecule has 0 saturated heterocycles. The van der Waals surface area contributed by atoms with Crippen molar-refractivity contribution >= 4 is 21.1 Å². The number of aliphatic hydroxyl groups is 1. The van der Waals surface area contributed by atoms with Crippen molar-refractivity contribution < 1.29 is 13.5 Å². The number of nitrogens with zero attached hydrogens (tertiary/aromatic N) is 2. The molecule has 1 saturated carbocycles. The Morgan fingerprint density at radius 2 is 1.82 bits per heavy atom. The van der Waals surface area contributed by atoms with Gasteiger partial charge in [0.2, 0.25) is 10.0 Å². The van der Waals surface area contributed by atoms with Gasteiger partial charge in [0.1, 0.15) is 0 Å². The second-order valence-electron chi connectivity index (χ2n) is 6.27. The lowest BCUT2D eigenvalue weighted by atomic mass is 9.78. The summed E-state index contributed by atoms with van der Waals surface area (Å²) < 4.78 is 30.3. The van der Waals surface area contributed by atoms with Crippen molar-refractivity contribution in [3.8, 4) is 0 Å². The molecule has 2 aromatic rings. The molecule has 8 heteroatoms. The third kappa shape index (κ3) is 2.37. The van der Waals surface area contributed by atoms with E-state index in [4.69, 9.17) is 0 Å². The third-order valence-electron chi connectivity index (χ3n) is 4.25. The van der Waals surface area contributed by atoms with E-state index in [1.807, 2.05) is 0 Å². The van der Waals surface area contributed by atoms with Crippen molar-refractivity contribution in [2.45, 2.75) is 36.3 Å². The maximum atomic E-state index is 12.4. The molecule has 0 bridgehead atoms. The van der Waals surface area contributed by atoms with Crippen LogP contribution in [0, 0.1) is 0 Å². The summed E-state index contributed by atoms with van der Waals surface area (Å²) in [7, 11) is -0.413. The Morgan fingerprint density at radius 1 is 1.23 bits per heavy atom. The van der Waals surface area contributed by atoms with Crippen LogP contribution in [0.2, 0.25) is 0 Å². The summed E-state index contributed by atoms with van der Waals surface area (Å²) in [6.07, 6.45) is 0.802. The quantitative estimate of drug-likeness (QED) is 0.835. The Kier molecular flexibility index (Phi) is 3.24. The maximum absolute atomic E-state index is 12.4. The van der Waals surface area contributed by atoms with Crippen LogP contribution >= 0.6 is 0 Å². The number of imidazole rings is 1. The number of hydrogen-bond donors (Lipinski definition) is 2. The first kappa shape index (κ1) is 15.3. The van der Waals surface area contributed by atoms with Crippen molar-refractivity contribution in [1.82, 2.24) is 13.9 Å². The largest absolute Gasteiger partial charge is 0.390 e. The van der Waals surface area contributed by atoms with E-state index in [1.54, 1.807) is 27.1 Å². The van der Waals surface area contributed by atoms with Gasteiger partial charge in [0.25, 0.3) is 0 Å². The number of fused-ring (bicyclic) bond motifs is 1. The molecule has 1 aliphatic carbocycles. The Balaban J connectivity index is 1.96. The van der Waals surface area contributed by atoms with Crippen molar-refractivity contribution in [1.29, 1.82) is 0 Å². The predicted octanol–water partition coefficient (Wildman–Crippen LogP) is 0.0687. The van der Waals surface area contributed by atoms with Gasteiger partial charge in [0.05, 0.1) is 21.5 Å². The Bertz CT molecular complexity index is 900. The van der Waals surface area contributed by atoms with E-state index in [0.717, 1.165) is 0 Å². The molecule has 1 fully saturated rings. The molecular weight excluding hydrogens is 306 g/mol. The van der Waals surface area contributed by atoms with Gasteiger partial charge < -0.3 is 5.11 Å². The molecule has 0 aliphatic heterocycles. The number of sulfonamides is 1. The van der Waals surface area contributed by atoms with Crippen molar-refractivity contribution in [2.24, 2.45) is 14.1 Å². The maximum Gasteiger partial charge on any atom is 0.328 e. The number of hydrogen-bond acceptors (Lipinski definition) is 4. The highest BCUT2D eigenvalue weighted by atomic mass is 32.2. The second-order valence-corrected chi connectivity index (χ2v) is 7.99. The van der Waals surface area contributed by atoms with Crippen LogP contribution in [0.5, 0.6) is 0 Å². The Labute approximate surface area is 128 Å². The van der Waals surface area contributed by atoms with Gasteiger partial charge in [0.15, 0.2) is 0 Å². The van der Waals surface area contributed by atoms with Crippen molar-refractivity contribution in [3.05, 3.63) is 28.7 Å². The SMILES string of the molecule is Cn1c(=O)n(C)c2cc(S(=O)(=O)NC3CC(C)(O)C3)ccc21. The van der Waals surface area contributed by atoms with Crippen LogP contribution in [0.15, 0.2) is 27.9 Å². The molecular formula is C14H19N3O4S. The zero-order valence-electron chi connectivity index (χ0n) is 12.7. The highest BCUT2D eigenvalue weighted by Gasteiger charge is 2.40. The smallest absolute Gasteiger partial charge is 0.328 e. The van der Waals surface area contributed by atoms with Crippen molar-refractivity contribution in [3.63, 3.8) is 0 Å². The van der Waals surface area contributed by atoms with E-state index >= 15 is 0 Å². The summed E-state index contributed by atoms with van der Waals surface area (Å²) in [6.45, 7) is 1.68. The lowest BCUT2D eigenvalue weighted by Gasteiger charge is -2.40. The summed E-state index contributed by atoms with van der Waals surface area (Å²) in [5.41, 5.74) is 0.252. The summed E-state index contributed by atoms with van der Waals surface area (Å²) in [4.78, 5) is 12.0. The number of nitrogens with one attached hydrogen (secondary N) is 1. The monoisotopic (exact) mass is 325 g/mol. The second kappa shape index (κ2) is 4.68. The van der Waals surface area contributed by atoms with Crippen LogP contribution in [0.25, 0.3) is 11.0 Å². The Hall–Kier alpha value is -1.64. The average Bonchev–Trinajstić information content (AvgIpc) is 2.61. The van der Waals surface area contributed by atoms with E-state index < -0.39 is 15.6 Å². The summed E-state index contributed by atoms with van der Waals surface area (Å²) >= 11 is 0.